The zero-order chi connectivity index (χ0) is 25.5. The summed E-state index contributed by atoms with van der Waals surface area (Å²) in [5.41, 5.74) is 4.11. The lowest BCUT2D eigenvalue weighted by Gasteiger charge is -2.07. The molecule has 5 aromatic rings. The van der Waals surface area contributed by atoms with Gasteiger partial charge in [0.2, 0.25) is 0 Å². The summed E-state index contributed by atoms with van der Waals surface area (Å²) < 4.78 is 32.7. The van der Waals surface area contributed by atoms with Gasteiger partial charge in [-0.05, 0) is 54.1 Å². The Morgan fingerprint density at radius 3 is 2.11 bits per heavy atom. The van der Waals surface area contributed by atoms with Crippen molar-refractivity contribution in [3.63, 3.8) is 0 Å². The lowest BCUT2D eigenvalue weighted by molar-refractivity contribution is 0.306. The number of ether oxygens (including phenoxy) is 1. The molecule has 0 saturated heterocycles. The highest BCUT2D eigenvalue weighted by molar-refractivity contribution is 7.89. The van der Waals surface area contributed by atoms with E-state index in [-0.39, 0.29) is 4.90 Å². The lowest BCUT2D eigenvalue weighted by Crippen LogP contribution is -2.18. The Morgan fingerprint density at radius 2 is 1.43 bits per heavy atom. The van der Waals surface area contributed by atoms with Crippen LogP contribution in [-0.2, 0) is 16.6 Å². The van der Waals surface area contributed by atoms with Crippen LogP contribution in [0.5, 0.6) is 5.75 Å². The van der Waals surface area contributed by atoms with Gasteiger partial charge in [-0.3, -0.25) is 0 Å². The summed E-state index contributed by atoms with van der Waals surface area (Å²) in [5.74, 6) is 0.737. The lowest BCUT2D eigenvalue weighted by atomic mass is 10.1. The summed E-state index contributed by atoms with van der Waals surface area (Å²) in [6, 6.07) is 35.4. The van der Waals surface area contributed by atoms with Gasteiger partial charge in [0.25, 0.3) is 10.0 Å². The van der Waals surface area contributed by atoms with Gasteiger partial charge in [-0.1, -0.05) is 66.7 Å². The van der Waals surface area contributed by atoms with Crippen molar-refractivity contribution in [3.8, 4) is 22.7 Å². The number of nitrogens with zero attached hydrogens (tertiary/aromatic N) is 3. The molecule has 0 aliphatic heterocycles. The van der Waals surface area contributed by atoms with E-state index in [0.717, 1.165) is 22.6 Å². The zero-order valence-electron chi connectivity index (χ0n) is 19.8. The predicted octanol–water partition coefficient (Wildman–Crippen LogP) is 5.43. The Balaban J connectivity index is 1.40. The predicted molar refractivity (Wildman–Crippen MR) is 144 cm³/mol. The number of hydrazone groups is 1. The minimum atomic E-state index is -3.78. The number of para-hydroxylation sites is 1. The molecule has 0 amide bonds. The summed E-state index contributed by atoms with van der Waals surface area (Å²) in [6.07, 6.45) is 3.27. The Kier molecular flexibility index (Phi) is 7.09. The Labute approximate surface area is 215 Å². The van der Waals surface area contributed by atoms with E-state index in [9.17, 15) is 8.42 Å². The van der Waals surface area contributed by atoms with Crippen molar-refractivity contribution in [3.05, 3.63) is 133 Å². The Bertz CT molecular complexity index is 1580. The molecule has 0 aliphatic carbocycles. The molecule has 37 heavy (non-hydrogen) atoms. The van der Waals surface area contributed by atoms with Gasteiger partial charge in [0.15, 0.2) is 0 Å². The first-order valence-electron chi connectivity index (χ1n) is 11.6. The van der Waals surface area contributed by atoms with Gasteiger partial charge in [0.05, 0.1) is 16.8 Å². The highest BCUT2D eigenvalue weighted by Gasteiger charge is 2.14. The largest absolute Gasteiger partial charge is 0.489 e. The van der Waals surface area contributed by atoms with E-state index in [4.69, 9.17) is 9.84 Å². The van der Waals surface area contributed by atoms with Crippen LogP contribution >= 0.6 is 0 Å². The molecule has 0 atom stereocenters. The molecule has 8 heteroatoms. The summed E-state index contributed by atoms with van der Waals surface area (Å²) in [4.78, 5) is 2.41. The molecule has 1 N–H and O–H groups in total. The molecule has 0 saturated carbocycles. The van der Waals surface area contributed by atoms with E-state index < -0.39 is 10.0 Å². The van der Waals surface area contributed by atoms with E-state index in [1.54, 1.807) is 22.9 Å². The zero-order valence-corrected chi connectivity index (χ0v) is 20.6. The van der Waals surface area contributed by atoms with Crippen molar-refractivity contribution in [2.75, 3.05) is 0 Å². The molecule has 1 heterocycles. The second kappa shape index (κ2) is 10.9. The topological polar surface area (TPSA) is 85.6 Å². The molecular formula is C29H24N4O3S. The van der Waals surface area contributed by atoms with Crippen LogP contribution in [-0.4, -0.2) is 24.4 Å². The van der Waals surface area contributed by atoms with Crippen LogP contribution in [0, 0.1) is 0 Å². The first-order chi connectivity index (χ1) is 18.1. The minimum Gasteiger partial charge on any atom is -0.489 e. The van der Waals surface area contributed by atoms with Crippen molar-refractivity contribution >= 4 is 16.2 Å². The highest BCUT2D eigenvalue weighted by atomic mass is 32.2. The SMILES string of the molecule is O=S(=O)(N/N=C/c1cn(-c2ccccc2)nc1-c1ccc(OCc2ccccc2)cc1)c1ccccc1. The quantitative estimate of drug-likeness (QED) is 0.213. The summed E-state index contributed by atoms with van der Waals surface area (Å²) >= 11 is 0. The van der Waals surface area contributed by atoms with Crippen LogP contribution in [0.3, 0.4) is 0 Å². The van der Waals surface area contributed by atoms with Crippen LogP contribution in [0.4, 0.5) is 0 Å². The third kappa shape index (κ3) is 5.94. The van der Waals surface area contributed by atoms with Gasteiger partial charge >= 0.3 is 0 Å². The van der Waals surface area contributed by atoms with E-state index in [1.165, 1.54) is 18.3 Å². The van der Waals surface area contributed by atoms with E-state index in [1.807, 2.05) is 91.1 Å². The average Bonchev–Trinajstić information content (AvgIpc) is 3.38. The fourth-order valence-electron chi connectivity index (χ4n) is 3.69. The van der Waals surface area contributed by atoms with Crippen LogP contribution in [0.15, 0.2) is 131 Å². The van der Waals surface area contributed by atoms with E-state index in [2.05, 4.69) is 9.93 Å². The van der Waals surface area contributed by atoms with Gasteiger partial charge in [0, 0.05) is 17.3 Å². The molecule has 0 fully saturated rings. The monoisotopic (exact) mass is 508 g/mol. The van der Waals surface area contributed by atoms with Crippen molar-refractivity contribution in [2.24, 2.45) is 5.10 Å². The first-order valence-corrected chi connectivity index (χ1v) is 13.1. The van der Waals surface area contributed by atoms with Crippen LogP contribution < -0.4 is 9.57 Å². The Hall–Kier alpha value is -4.69. The molecule has 0 spiro atoms. The third-order valence-electron chi connectivity index (χ3n) is 5.57. The Morgan fingerprint density at radius 1 is 0.811 bits per heavy atom. The van der Waals surface area contributed by atoms with Crippen molar-refractivity contribution in [2.45, 2.75) is 11.5 Å². The molecule has 0 bridgehead atoms. The standard InChI is InChI=1S/C29H24N4O3S/c34-37(35,28-14-8-3-9-15-28)32-30-20-25-21-33(26-12-6-2-7-13-26)31-29(25)24-16-18-27(19-17-24)36-22-23-10-4-1-5-11-23/h1-21,32H,22H2/b30-20+. The fourth-order valence-corrected chi connectivity index (χ4v) is 4.50. The van der Waals surface area contributed by atoms with E-state index >= 15 is 0 Å². The number of aromatic nitrogens is 2. The van der Waals surface area contributed by atoms with Gasteiger partial charge < -0.3 is 4.74 Å². The molecule has 0 radical (unpaired) electrons. The second-order valence-electron chi connectivity index (χ2n) is 8.18. The van der Waals surface area contributed by atoms with Gasteiger partial charge in [-0.15, -0.1) is 0 Å². The van der Waals surface area contributed by atoms with Crippen molar-refractivity contribution in [1.82, 2.24) is 14.6 Å². The number of nitrogens with one attached hydrogen (secondary N) is 1. The fraction of sp³-hybridized carbons (Fsp3) is 0.0345. The maximum atomic E-state index is 12.5. The minimum absolute atomic E-state index is 0.137. The summed E-state index contributed by atoms with van der Waals surface area (Å²) in [5, 5.41) is 8.78. The van der Waals surface area contributed by atoms with Crippen LogP contribution in [0.1, 0.15) is 11.1 Å². The highest BCUT2D eigenvalue weighted by Crippen LogP contribution is 2.25. The van der Waals surface area contributed by atoms with E-state index in [0.29, 0.717) is 17.9 Å². The third-order valence-corrected chi connectivity index (χ3v) is 6.81. The van der Waals surface area contributed by atoms with Crippen LogP contribution in [0.25, 0.3) is 16.9 Å². The number of rotatable bonds is 9. The normalized spacial score (nSPS) is 11.5. The smallest absolute Gasteiger partial charge is 0.276 e. The van der Waals surface area contributed by atoms with Gasteiger partial charge in [-0.2, -0.15) is 18.6 Å². The van der Waals surface area contributed by atoms with Crippen molar-refractivity contribution < 1.29 is 13.2 Å². The van der Waals surface area contributed by atoms with Crippen LogP contribution in [0.2, 0.25) is 0 Å². The molecule has 0 unspecified atom stereocenters. The molecule has 184 valence electrons. The van der Waals surface area contributed by atoms with Gasteiger partial charge in [-0.25, -0.2) is 9.51 Å². The summed E-state index contributed by atoms with van der Waals surface area (Å²) in [7, 11) is -3.78. The molecular weight excluding hydrogens is 484 g/mol. The number of hydrogen-bond acceptors (Lipinski definition) is 5. The summed E-state index contributed by atoms with van der Waals surface area (Å²) in [6.45, 7) is 0.474. The second-order valence-corrected chi connectivity index (χ2v) is 9.84. The van der Waals surface area contributed by atoms with Gasteiger partial charge in [0.1, 0.15) is 18.1 Å². The number of benzene rings is 4. The maximum absolute atomic E-state index is 12.5. The molecule has 1 aromatic heterocycles. The molecule has 4 aromatic carbocycles. The first kappa shape index (κ1) is 24.0. The molecule has 7 nitrogen and oxygen atoms in total. The van der Waals surface area contributed by atoms with Crippen molar-refractivity contribution in [1.29, 1.82) is 0 Å². The number of hydrogen-bond donors (Lipinski definition) is 1. The maximum Gasteiger partial charge on any atom is 0.276 e. The number of sulfonamides is 1. The average molecular weight is 509 g/mol. The molecule has 0 aliphatic rings. The molecule has 5 rings (SSSR count).